The topological polar surface area (TPSA) is 9.23 Å². The monoisotopic (exact) mass is 348 g/mol. The average Bonchev–Trinajstić information content (AvgIpc) is 2.32. The molecule has 0 aliphatic carbocycles. The Hall–Kier alpha value is -0.770. The SMILES string of the molecule is Fc1ccc(OCc2ccc(Br)cc2Cl)cc1Cl. The Morgan fingerprint density at radius 1 is 1.06 bits per heavy atom. The Labute approximate surface area is 123 Å². The van der Waals surface area contributed by atoms with Gasteiger partial charge < -0.3 is 4.74 Å². The molecule has 94 valence electrons. The van der Waals surface area contributed by atoms with Crippen LogP contribution in [0.3, 0.4) is 0 Å². The first kappa shape index (κ1) is 13.7. The molecule has 0 N–H and O–H groups in total. The Morgan fingerprint density at radius 3 is 2.50 bits per heavy atom. The van der Waals surface area contributed by atoms with E-state index in [1.165, 1.54) is 18.2 Å². The third-order valence-corrected chi connectivity index (χ3v) is 3.44. The van der Waals surface area contributed by atoms with Gasteiger partial charge in [-0.15, -0.1) is 0 Å². The molecule has 2 rings (SSSR count). The Balaban J connectivity index is 2.09. The zero-order valence-electron chi connectivity index (χ0n) is 9.09. The molecule has 0 aliphatic heterocycles. The lowest BCUT2D eigenvalue weighted by molar-refractivity contribution is 0.306. The second kappa shape index (κ2) is 5.91. The molecule has 0 atom stereocenters. The zero-order chi connectivity index (χ0) is 13.1. The van der Waals surface area contributed by atoms with Crippen molar-refractivity contribution in [3.8, 4) is 5.75 Å². The van der Waals surface area contributed by atoms with E-state index in [0.717, 1.165) is 10.0 Å². The van der Waals surface area contributed by atoms with Crippen molar-refractivity contribution in [3.05, 3.63) is 62.3 Å². The van der Waals surface area contributed by atoms with Crippen molar-refractivity contribution in [2.45, 2.75) is 6.61 Å². The van der Waals surface area contributed by atoms with Crippen LogP contribution in [0.1, 0.15) is 5.56 Å². The summed E-state index contributed by atoms with van der Waals surface area (Å²) in [6.45, 7) is 0.300. The molecule has 0 radical (unpaired) electrons. The van der Waals surface area contributed by atoms with Crippen molar-refractivity contribution < 1.29 is 9.13 Å². The molecule has 2 aromatic carbocycles. The van der Waals surface area contributed by atoms with Crippen LogP contribution in [0.2, 0.25) is 10.0 Å². The molecule has 5 heteroatoms. The number of hydrogen-bond acceptors (Lipinski definition) is 1. The molecule has 0 heterocycles. The van der Waals surface area contributed by atoms with Crippen molar-refractivity contribution in [2.24, 2.45) is 0 Å². The summed E-state index contributed by atoms with van der Waals surface area (Å²) in [6, 6.07) is 9.75. The quantitative estimate of drug-likeness (QED) is 0.713. The molecular weight excluding hydrogens is 342 g/mol. The number of benzene rings is 2. The maximum Gasteiger partial charge on any atom is 0.142 e. The summed E-state index contributed by atoms with van der Waals surface area (Å²) in [4.78, 5) is 0. The molecule has 0 saturated carbocycles. The van der Waals surface area contributed by atoms with Gasteiger partial charge >= 0.3 is 0 Å². The minimum absolute atomic E-state index is 0.0365. The molecule has 1 nitrogen and oxygen atoms in total. The van der Waals surface area contributed by atoms with Gasteiger partial charge in [-0.25, -0.2) is 4.39 Å². The molecule has 0 aliphatic rings. The van der Waals surface area contributed by atoms with Crippen LogP contribution in [0.15, 0.2) is 40.9 Å². The van der Waals surface area contributed by atoms with Crippen LogP contribution in [0.4, 0.5) is 4.39 Å². The molecule has 0 fully saturated rings. The largest absolute Gasteiger partial charge is 0.489 e. The van der Waals surface area contributed by atoms with Crippen LogP contribution in [0.5, 0.6) is 5.75 Å². The lowest BCUT2D eigenvalue weighted by atomic mass is 10.2. The van der Waals surface area contributed by atoms with Crippen molar-refractivity contribution >= 4 is 39.1 Å². The maximum absolute atomic E-state index is 13.0. The summed E-state index contributed by atoms with van der Waals surface area (Å²) in [5.41, 5.74) is 0.848. The van der Waals surface area contributed by atoms with Gasteiger partial charge in [0.2, 0.25) is 0 Å². The summed E-state index contributed by atoms with van der Waals surface area (Å²) >= 11 is 15.0. The van der Waals surface area contributed by atoms with Crippen LogP contribution in [0.25, 0.3) is 0 Å². The Bertz CT molecular complexity index is 575. The third kappa shape index (κ3) is 3.37. The van der Waals surface area contributed by atoms with E-state index in [0.29, 0.717) is 17.4 Å². The zero-order valence-corrected chi connectivity index (χ0v) is 12.2. The molecule has 0 unspecified atom stereocenters. The van der Waals surface area contributed by atoms with E-state index in [9.17, 15) is 4.39 Å². The first-order valence-corrected chi connectivity index (χ1v) is 6.63. The van der Waals surface area contributed by atoms with E-state index in [1.54, 1.807) is 6.07 Å². The number of hydrogen-bond donors (Lipinski definition) is 0. The highest BCUT2D eigenvalue weighted by Gasteiger charge is 2.04. The fraction of sp³-hybridized carbons (Fsp3) is 0.0769. The predicted molar refractivity (Wildman–Crippen MR) is 74.9 cm³/mol. The van der Waals surface area contributed by atoms with Gasteiger partial charge in [-0.05, 0) is 24.3 Å². The van der Waals surface area contributed by atoms with E-state index >= 15 is 0 Å². The highest BCUT2D eigenvalue weighted by Crippen LogP contribution is 2.25. The minimum Gasteiger partial charge on any atom is -0.489 e. The van der Waals surface area contributed by atoms with Crippen molar-refractivity contribution in [2.75, 3.05) is 0 Å². The Morgan fingerprint density at radius 2 is 1.83 bits per heavy atom. The van der Waals surface area contributed by atoms with Gasteiger partial charge in [0.1, 0.15) is 18.2 Å². The molecule has 0 aromatic heterocycles. The van der Waals surface area contributed by atoms with Gasteiger partial charge in [-0.1, -0.05) is 45.2 Å². The van der Waals surface area contributed by atoms with Gasteiger partial charge in [0.15, 0.2) is 0 Å². The smallest absolute Gasteiger partial charge is 0.142 e. The second-order valence-corrected chi connectivity index (χ2v) is 5.33. The molecule has 18 heavy (non-hydrogen) atoms. The van der Waals surface area contributed by atoms with Gasteiger partial charge in [0.05, 0.1) is 5.02 Å². The van der Waals surface area contributed by atoms with Crippen LogP contribution in [-0.4, -0.2) is 0 Å². The minimum atomic E-state index is -0.467. The molecule has 0 amide bonds. The Kier molecular flexibility index (Phi) is 4.49. The number of ether oxygens (including phenoxy) is 1. The first-order valence-electron chi connectivity index (χ1n) is 5.08. The summed E-state index contributed by atoms with van der Waals surface area (Å²) in [5, 5.41) is 0.645. The summed E-state index contributed by atoms with van der Waals surface area (Å²) in [7, 11) is 0. The molecule has 0 spiro atoms. The van der Waals surface area contributed by atoms with E-state index in [-0.39, 0.29) is 5.02 Å². The van der Waals surface area contributed by atoms with Crippen molar-refractivity contribution in [3.63, 3.8) is 0 Å². The van der Waals surface area contributed by atoms with E-state index < -0.39 is 5.82 Å². The van der Waals surface area contributed by atoms with Crippen LogP contribution >= 0.6 is 39.1 Å². The van der Waals surface area contributed by atoms with Crippen LogP contribution in [0, 0.1) is 5.82 Å². The van der Waals surface area contributed by atoms with E-state index in [2.05, 4.69) is 15.9 Å². The fourth-order valence-corrected chi connectivity index (χ4v) is 2.26. The van der Waals surface area contributed by atoms with Crippen molar-refractivity contribution in [1.82, 2.24) is 0 Å². The van der Waals surface area contributed by atoms with Gasteiger partial charge in [0, 0.05) is 21.1 Å². The van der Waals surface area contributed by atoms with E-state index in [4.69, 9.17) is 27.9 Å². The fourth-order valence-electron chi connectivity index (χ4n) is 1.37. The van der Waals surface area contributed by atoms with E-state index in [1.807, 2.05) is 12.1 Å². The molecule has 0 bridgehead atoms. The molecule has 0 saturated heterocycles. The standard InChI is InChI=1S/C13H8BrCl2FO/c14-9-2-1-8(11(15)5-9)7-18-10-3-4-13(17)12(16)6-10/h1-6H,7H2. The maximum atomic E-state index is 13.0. The van der Waals surface area contributed by atoms with Gasteiger partial charge in [-0.2, -0.15) is 0 Å². The summed E-state index contributed by atoms with van der Waals surface area (Å²) in [6.07, 6.45) is 0. The second-order valence-electron chi connectivity index (χ2n) is 3.60. The van der Waals surface area contributed by atoms with Crippen molar-refractivity contribution in [1.29, 1.82) is 0 Å². The van der Waals surface area contributed by atoms with Gasteiger partial charge in [0.25, 0.3) is 0 Å². The molecule has 2 aromatic rings. The van der Waals surface area contributed by atoms with Gasteiger partial charge in [-0.3, -0.25) is 0 Å². The third-order valence-electron chi connectivity index (χ3n) is 2.30. The highest BCUT2D eigenvalue weighted by atomic mass is 79.9. The lowest BCUT2D eigenvalue weighted by Gasteiger charge is -2.08. The predicted octanol–water partition coefficient (Wildman–Crippen LogP) is 5.47. The number of halogens is 4. The molecular formula is C13H8BrCl2FO. The summed E-state index contributed by atoms with van der Waals surface area (Å²) < 4.78 is 19.4. The summed E-state index contributed by atoms with van der Waals surface area (Å²) in [5.74, 6) is 0.0334. The lowest BCUT2D eigenvalue weighted by Crippen LogP contribution is -1.96. The average molecular weight is 350 g/mol. The first-order chi connectivity index (χ1) is 8.56. The number of rotatable bonds is 3. The normalized spacial score (nSPS) is 10.4. The van der Waals surface area contributed by atoms with Crippen LogP contribution in [-0.2, 0) is 6.61 Å². The van der Waals surface area contributed by atoms with Crippen LogP contribution < -0.4 is 4.74 Å². The highest BCUT2D eigenvalue weighted by molar-refractivity contribution is 9.10.